The highest BCUT2D eigenvalue weighted by Crippen LogP contribution is 2.35. The maximum Gasteiger partial charge on any atom is 0.165 e. The lowest BCUT2D eigenvalue weighted by Gasteiger charge is -2.12. The molecule has 0 fully saturated rings. The summed E-state index contributed by atoms with van der Waals surface area (Å²) in [5.74, 6) is 0. The fraction of sp³-hybridized carbons (Fsp3) is 0. The van der Waals surface area contributed by atoms with Crippen molar-refractivity contribution in [2.24, 2.45) is 0 Å². The lowest BCUT2D eigenvalue weighted by molar-refractivity contribution is 1.14. The molecule has 3 nitrogen and oxygen atoms in total. The van der Waals surface area contributed by atoms with Crippen molar-refractivity contribution in [1.29, 1.82) is 0 Å². The molecule has 192 valence electrons. The van der Waals surface area contributed by atoms with E-state index in [1.807, 2.05) is 78.9 Å². The van der Waals surface area contributed by atoms with Gasteiger partial charge in [0.25, 0.3) is 0 Å². The van der Waals surface area contributed by atoms with Crippen LogP contribution >= 0.6 is 0 Å². The van der Waals surface area contributed by atoms with Gasteiger partial charge in [-0.05, 0) is 81.9 Å². The Hall–Kier alpha value is -5.54. The molecule has 2 heterocycles. The van der Waals surface area contributed by atoms with E-state index in [4.69, 9.17) is 16.8 Å². The summed E-state index contributed by atoms with van der Waals surface area (Å²) in [6, 6.07) is 39.0. The van der Waals surface area contributed by atoms with Gasteiger partial charge in [0, 0.05) is 11.1 Å². The monoisotopic (exact) mass is 528 g/mol. The number of benzene rings is 6. The fourth-order valence-electron chi connectivity index (χ4n) is 5.51. The molecule has 0 saturated carbocycles. The minimum atomic E-state index is -0.435. The number of fused-ring (bicyclic) bond motifs is 4. The number of aromatic nitrogens is 3. The Labute approximate surface area is 245 Å². The van der Waals surface area contributed by atoms with Crippen LogP contribution in [0.3, 0.4) is 0 Å². The molecule has 41 heavy (non-hydrogen) atoms. The first-order valence-electron chi connectivity index (χ1n) is 15.9. The fourth-order valence-corrected chi connectivity index (χ4v) is 5.51. The smallest absolute Gasteiger partial charge is 0.165 e. The van der Waals surface area contributed by atoms with E-state index in [9.17, 15) is 0 Å². The van der Waals surface area contributed by atoms with Gasteiger partial charge in [-0.1, -0.05) is 103 Å². The van der Waals surface area contributed by atoms with Crippen LogP contribution in [-0.4, -0.2) is 14.5 Å². The molecular formula is C38H25N3. The molecule has 2 aromatic heterocycles. The number of nitrogens with zero attached hydrogens (tertiary/aromatic N) is 3. The lowest BCUT2D eigenvalue weighted by Crippen LogP contribution is -1.96. The van der Waals surface area contributed by atoms with Crippen LogP contribution in [0.1, 0.15) is 6.85 Å². The summed E-state index contributed by atoms with van der Waals surface area (Å²) in [5.41, 5.74) is 9.58. The first-order valence-corrected chi connectivity index (χ1v) is 13.4. The zero-order valence-corrected chi connectivity index (χ0v) is 21.9. The van der Waals surface area contributed by atoms with Gasteiger partial charge in [0.05, 0.1) is 23.4 Å². The second-order valence-electron chi connectivity index (χ2n) is 9.96. The van der Waals surface area contributed by atoms with E-state index in [2.05, 4.69) is 42.5 Å². The molecule has 0 spiro atoms. The summed E-state index contributed by atoms with van der Waals surface area (Å²) >= 11 is 0. The van der Waals surface area contributed by atoms with E-state index >= 15 is 0 Å². The highest BCUT2D eigenvalue weighted by atomic mass is 15.1. The van der Waals surface area contributed by atoms with E-state index in [1.54, 1.807) is 4.57 Å². The normalized spacial score (nSPS) is 13.1. The molecule has 3 heteroatoms. The van der Waals surface area contributed by atoms with E-state index in [0.717, 1.165) is 38.8 Å². The zero-order valence-electron chi connectivity index (χ0n) is 26.9. The minimum Gasteiger partial charge on any atom is -0.293 e. The standard InChI is InChI=1S/C38H25N3/c1-4-12-26(13-5-1)29-22-30(27-14-6-2-7-15-27)24-31(23-29)28-20-21-34-35(25-28)39-37-33-18-10-11-19-36(33)41(38(37)40-34)32-16-8-3-9-17-32/h1-25H/i3D,8D,9D,16D,17D. The van der Waals surface area contributed by atoms with E-state index < -0.39 is 18.1 Å². The number of rotatable bonds is 4. The Bertz CT molecular complexity index is 2390. The molecular weight excluding hydrogens is 498 g/mol. The maximum atomic E-state index is 8.67. The summed E-state index contributed by atoms with van der Waals surface area (Å²) in [4.78, 5) is 10.1. The molecule has 0 aliphatic carbocycles. The van der Waals surface area contributed by atoms with Crippen molar-refractivity contribution >= 4 is 33.1 Å². The Kier molecular flexibility index (Phi) is 4.37. The van der Waals surface area contributed by atoms with Crippen molar-refractivity contribution in [2.45, 2.75) is 0 Å². The average molecular weight is 529 g/mol. The quantitative estimate of drug-likeness (QED) is 0.228. The number of hydrogen-bond donors (Lipinski definition) is 0. The summed E-state index contributed by atoms with van der Waals surface area (Å²) in [5, 5.41) is 0.779. The molecule has 0 bridgehead atoms. The molecule has 0 aliphatic rings. The number of para-hydroxylation sites is 2. The first-order chi connectivity index (χ1) is 22.4. The van der Waals surface area contributed by atoms with Gasteiger partial charge >= 0.3 is 0 Å². The van der Waals surface area contributed by atoms with Gasteiger partial charge in [0.1, 0.15) is 5.52 Å². The third kappa shape index (κ3) is 4.07. The Morgan fingerprint density at radius 3 is 1.78 bits per heavy atom. The molecule has 0 unspecified atom stereocenters. The van der Waals surface area contributed by atoms with Crippen molar-refractivity contribution in [1.82, 2.24) is 14.5 Å². The van der Waals surface area contributed by atoms with Crippen LogP contribution < -0.4 is 0 Å². The van der Waals surface area contributed by atoms with Crippen molar-refractivity contribution in [3.63, 3.8) is 0 Å². The third-order valence-electron chi connectivity index (χ3n) is 7.45. The van der Waals surface area contributed by atoms with Gasteiger partial charge in [-0.2, -0.15) is 0 Å². The molecule has 0 atom stereocenters. The highest BCUT2D eigenvalue weighted by Gasteiger charge is 2.16. The topological polar surface area (TPSA) is 30.7 Å². The van der Waals surface area contributed by atoms with E-state index in [-0.39, 0.29) is 17.8 Å². The molecule has 0 radical (unpaired) electrons. The molecule has 8 rings (SSSR count). The van der Waals surface area contributed by atoms with Gasteiger partial charge in [-0.3, -0.25) is 4.57 Å². The largest absolute Gasteiger partial charge is 0.293 e. The average Bonchev–Trinajstić information content (AvgIpc) is 3.42. The van der Waals surface area contributed by atoms with Gasteiger partial charge < -0.3 is 0 Å². The zero-order chi connectivity index (χ0) is 31.5. The number of hydrogen-bond acceptors (Lipinski definition) is 2. The van der Waals surface area contributed by atoms with E-state index in [0.29, 0.717) is 27.7 Å². The second-order valence-corrected chi connectivity index (χ2v) is 9.96. The summed E-state index contributed by atoms with van der Waals surface area (Å²) < 4.78 is 43.6. The Morgan fingerprint density at radius 2 is 1.10 bits per heavy atom. The van der Waals surface area contributed by atoms with Crippen LogP contribution in [0.2, 0.25) is 0 Å². The molecule has 0 aliphatic heterocycles. The summed E-state index contributed by atoms with van der Waals surface area (Å²) in [6.07, 6.45) is 0. The minimum absolute atomic E-state index is 0.0497. The second kappa shape index (κ2) is 9.58. The lowest BCUT2D eigenvalue weighted by atomic mass is 9.93. The van der Waals surface area contributed by atoms with Gasteiger partial charge in [0.15, 0.2) is 5.65 Å². The van der Waals surface area contributed by atoms with Crippen LogP contribution in [0.5, 0.6) is 0 Å². The molecule has 8 aromatic rings. The molecule has 6 aromatic carbocycles. The van der Waals surface area contributed by atoms with Gasteiger partial charge in [-0.15, -0.1) is 0 Å². The van der Waals surface area contributed by atoms with Crippen LogP contribution in [-0.2, 0) is 0 Å². The van der Waals surface area contributed by atoms with Crippen LogP contribution in [0.25, 0.3) is 72.2 Å². The van der Waals surface area contributed by atoms with Gasteiger partial charge in [0.2, 0.25) is 0 Å². The highest BCUT2D eigenvalue weighted by molar-refractivity contribution is 6.07. The molecule has 0 saturated heterocycles. The Balaban J connectivity index is 1.36. The maximum absolute atomic E-state index is 8.67. The summed E-state index contributed by atoms with van der Waals surface area (Å²) in [6.45, 7) is 0. The van der Waals surface area contributed by atoms with Crippen LogP contribution in [0, 0.1) is 0 Å². The molecule has 0 N–H and O–H groups in total. The van der Waals surface area contributed by atoms with Crippen LogP contribution in [0.15, 0.2) is 152 Å². The Morgan fingerprint density at radius 1 is 0.488 bits per heavy atom. The van der Waals surface area contributed by atoms with E-state index in [1.165, 1.54) is 0 Å². The SMILES string of the molecule is [2H]c1c([2H])c([2H])c(-n2c3ccccc3c3nc4cc(-c5cc(-c6ccccc6)cc(-c6ccccc6)c5)ccc4nc32)c([2H])c1[2H]. The van der Waals surface area contributed by atoms with Crippen molar-refractivity contribution in [2.75, 3.05) is 0 Å². The predicted molar refractivity (Wildman–Crippen MR) is 170 cm³/mol. The van der Waals surface area contributed by atoms with Crippen molar-refractivity contribution in [3.05, 3.63) is 152 Å². The first kappa shape index (κ1) is 18.7. The summed E-state index contributed by atoms with van der Waals surface area (Å²) in [7, 11) is 0. The van der Waals surface area contributed by atoms with Crippen molar-refractivity contribution in [3.8, 4) is 39.1 Å². The third-order valence-corrected chi connectivity index (χ3v) is 7.45. The van der Waals surface area contributed by atoms with Crippen LogP contribution in [0.4, 0.5) is 0 Å². The predicted octanol–water partition coefficient (Wildman–Crippen LogP) is 9.73. The van der Waals surface area contributed by atoms with Gasteiger partial charge in [-0.25, -0.2) is 9.97 Å². The molecule has 0 amide bonds. The van der Waals surface area contributed by atoms with Crippen molar-refractivity contribution < 1.29 is 6.85 Å².